The van der Waals surface area contributed by atoms with E-state index in [4.69, 9.17) is 20.4 Å². The molecular weight excluding hydrogens is 589 g/mol. The third-order valence-corrected chi connectivity index (χ3v) is 6.75. The average molecular weight is 617 g/mol. The summed E-state index contributed by atoms with van der Waals surface area (Å²) in [6.45, 7) is 0.475. The number of benzene rings is 1. The lowest BCUT2D eigenvalue weighted by molar-refractivity contribution is -0.192. The number of unbranched alkanes of at least 4 members (excludes halogenated alkanes) is 1. The van der Waals surface area contributed by atoms with E-state index in [1.807, 2.05) is 0 Å². The second-order valence-corrected chi connectivity index (χ2v) is 10.1. The quantitative estimate of drug-likeness (QED) is 0.184. The summed E-state index contributed by atoms with van der Waals surface area (Å²) in [4.78, 5) is 45.5. The van der Waals surface area contributed by atoms with Crippen molar-refractivity contribution in [2.75, 3.05) is 19.7 Å². The molecule has 0 aliphatic rings. The lowest BCUT2D eigenvalue weighted by Gasteiger charge is -2.16. The van der Waals surface area contributed by atoms with Gasteiger partial charge in [-0.15, -0.1) is 0 Å². The van der Waals surface area contributed by atoms with Crippen molar-refractivity contribution in [2.45, 2.75) is 30.0 Å². The Morgan fingerprint density at radius 3 is 2.24 bits per heavy atom. The number of rotatable bonds is 12. The van der Waals surface area contributed by atoms with Crippen LogP contribution in [0.4, 0.5) is 13.2 Å². The Morgan fingerprint density at radius 2 is 1.67 bits per heavy atom. The molecule has 2 aromatic heterocycles. The van der Waals surface area contributed by atoms with Gasteiger partial charge < -0.3 is 26.0 Å². The van der Waals surface area contributed by atoms with Gasteiger partial charge in [-0.3, -0.25) is 18.8 Å². The first-order valence-corrected chi connectivity index (χ1v) is 13.5. The number of carboxylic acids is 2. The second kappa shape index (κ2) is 14.9. The van der Waals surface area contributed by atoms with Gasteiger partial charge in [0.2, 0.25) is 10.0 Å². The van der Waals surface area contributed by atoms with E-state index in [1.165, 1.54) is 40.9 Å². The van der Waals surface area contributed by atoms with Crippen LogP contribution in [0.15, 0.2) is 70.5 Å². The van der Waals surface area contributed by atoms with E-state index in [0.717, 1.165) is 18.9 Å². The summed E-state index contributed by atoms with van der Waals surface area (Å²) in [5.41, 5.74) is 5.38. The fourth-order valence-electron chi connectivity index (χ4n) is 3.20. The number of aromatic nitrogens is 1. The maximum atomic E-state index is 12.7. The molecule has 1 aromatic carbocycles. The molecule has 3 aromatic rings. The summed E-state index contributed by atoms with van der Waals surface area (Å²) in [6, 6.07) is 11.4. The summed E-state index contributed by atoms with van der Waals surface area (Å²) in [7, 11) is -4.13. The number of hydrogen-bond acceptors (Lipinski definition) is 8. The van der Waals surface area contributed by atoms with Gasteiger partial charge in [0.05, 0.1) is 17.0 Å². The average Bonchev–Trinajstić information content (AvgIpc) is 2.93. The van der Waals surface area contributed by atoms with Crippen LogP contribution in [-0.4, -0.2) is 72.8 Å². The van der Waals surface area contributed by atoms with Crippen molar-refractivity contribution in [1.82, 2.24) is 14.4 Å². The van der Waals surface area contributed by atoms with Gasteiger partial charge in [0.25, 0.3) is 11.5 Å². The van der Waals surface area contributed by atoms with Crippen LogP contribution in [0.2, 0.25) is 0 Å². The second-order valence-electron chi connectivity index (χ2n) is 8.42. The number of fused-ring (bicyclic) bond motifs is 1. The molecule has 0 bridgehead atoms. The van der Waals surface area contributed by atoms with Crippen LogP contribution in [0.25, 0.3) is 5.52 Å². The Bertz CT molecular complexity index is 1560. The number of carboxylic acid groups (broad SMARTS) is 2. The molecule has 1 amide bonds. The minimum Gasteiger partial charge on any atom is -0.493 e. The van der Waals surface area contributed by atoms with Gasteiger partial charge in [0.1, 0.15) is 11.8 Å². The van der Waals surface area contributed by atoms with Gasteiger partial charge >= 0.3 is 18.1 Å². The summed E-state index contributed by atoms with van der Waals surface area (Å²) >= 11 is 0. The van der Waals surface area contributed by atoms with Crippen molar-refractivity contribution >= 4 is 33.4 Å². The standard InChI is InChI=1S/C23H26N4O7S.C2HF3O2/c24-9-4-5-11-34-18-8-10-27-17(14-18)12-16(13-21(27)28)22(29)25-15-20(23(30)31)26-35(32,33)19-6-2-1-3-7-19;3-2(4,5)1(6)7/h1-3,6-8,10,12-14,20,26H,4-5,9,11,15,24H2,(H,25,29)(H,30,31);(H,6,7)/t20-;/m0./s1. The van der Waals surface area contributed by atoms with Crippen molar-refractivity contribution < 1.29 is 50.9 Å². The number of carbonyl (C=O) groups excluding carboxylic acids is 1. The number of hydrogen-bond donors (Lipinski definition) is 5. The van der Waals surface area contributed by atoms with Crippen molar-refractivity contribution in [3.05, 3.63) is 76.7 Å². The normalized spacial score (nSPS) is 12.1. The van der Waals surface area contributed by atoms with Crippen LogP contribution in [0.5, 0.6) is 5.75 Å². The third-order valence-electron chi connectivity index (χ3n) is 5.26. The maximum absolute atomic E-state index is 12.7. The van der Waals surface area contributed by atoms with Gasteiger partial charge in [-0.25, -0.2) is 13.2 Å². The monoisotopic (exact) mass is 616 g/mol. The molecule has 6 N–H and O–H groups in total. The summed E-state index contributed by atoms with van der Waals surface area (Å²) in [6.07, 6.45) is -1.97. The molecule has 0 aliphatic carbocycles. The van der Waals surface area contributed by atoms with E-state index in [-0.39, 0.29) is 10.5 Å². The van der Waals surface area contributed by atoms with E-state index in [0.29, 0.717) is 24.4 Å². The van der Waals surface area contributed by atoms with E-state index < -0.39 is 52.2 Å². The minimum atomic E-state index is -5.08. The third kappa shape index (κ3) is 10.2. The zero-order valence-electron chi connectivity index (χ0n) is 21.7. The van der Waals surface area contributed by atoms with Crippen molar-refractivity contribution in [2.24, 2.45) is 5.73 Å². The highest BCUT2D eigenvalue weighted by Gasteiger charge is 2.38. The van der Waals surface area contributed by atoms with Gasteiger partial charge in [-0.05, 0) is 43.7 Å². The molecule has 0 aliphatic heterocycles. The lowest BCUT2D eigenvalue weighted by atomic mass is 10.2. The molecule has 13 nitrogen and oxygen atoms in total. The van der Waals surface area contributed by atoms with Crippen LogP contribution >= 0.6 is 0 Å². The Hall–Kier alpha value is -4.48. The summed E-state index contributed by atoms with van der Waals surface area (Å²) in [5.74, 6) is -4.45. The first kappa shape index (κ1) is 33.7. The van der Waals surface area contributed by atoms with Gasteiger partial charge in [0, 0.05) is 30.4 Å². The predicted molar refractivity (Wildman–Crippen MR) is 142 cm³/mol. The number of halogens is 3. The topological polar surface area (TPSA) is 207 Å². The zero-order valence-corrected chi connectivity index (χ0v) is 22.5. The van der Waals surface area contributed by atoms with E-state index in [2.05, 4.69) is 10.0 Å². The molecule has 3 rings (SSSR count). The number of pyridine rings is 2. The van der Waals surface area contributed by atoms with Gasteiger partial charge in [0.15, 0.2) is 0 Å². The Morgan fingerprint density at radius 1 is 1.02 bits per heavy atom. The molecule has 0 saturated heterocycles. The van der Waals surface area contributed by atoms with E-state index in [9.17, 15) is 41.1 Å². The highest BCUT2D eigenvalue weighted by atomic mass is 32.2. The predicted octanol–water partition coefficient (Wildman–Crippen LogP) is 1.21. The number of ether oxygens (including phenoxy) is 1. The fraction of sp³-hybridized carbons (Fsp3) is 0.280. The van der Waals surface area contributed by atoms with Crippen molar-refractivity contribution in [3.63, 3.8) is 0 Å². The van der Waals surface area contributed by atoms with Crippen LogP contribution in [0.3, 0.4) is 0 Å². The highest BCUT2D eigenvalue weighted by molar-refractivity contribution is 7.89. The van der Waals surface area contributed by atoms with Gasteiger partial charge in [-0.2, -0.15) is 17.9 Å². The molecule has 0 saturated carbocycles. The zero-order chi connectivity index (χ0) is 31.5. The largest absolute Gasteiger partial charge is 0.493 e. The Kier molecular flexibility index (Phi) is 12.0. The fourth-order valence-corrected chi connectivity index (χ4v) is 4.41. The van der Waals surface area contributed by atoms with Crippen LogP contribution in [0.1, 0.15) is 23.2 Å². The molecular formula is C25H27F3N4O9S. The van der Waals surface area contributed by atoms with Crippen molar-refractivity contribution in [3.8, 4) is 5.75 Å². The van der Waals surface area contributed by atoms with Crippen molar-refractivity contribution in [1.29, 1.82) is 0 Å². The number of sulfonamides is 1. The number of carbonyl (C=O) groups is 3. The molecule has 1 atom stereocenters. The number of aliphatic carboxylic acids is 2. The first-order chi connectivity index (χ1) is 19.7. The van der Waals surface area contributed by atoms with Gasteiger partial charge in [-0.1, -0.05) is 18.2 Å². The molecule has 17 heteroatoms. The SMILES string of the molecule is NCCCCOc1ccn2c(=O)cc(C(=O)NC[C@H](NS(=O)(=O)c3ccccc3)C(=O)O)cc2c1.O=C(O)C(F)(F)F. The molecule has 0 spiro atoms. The maximum Gasteiger partial charge on any atom is 0.490 e. The number of amides is 1. The van der Waals surface area contributed by atoms with E-state index in [1.54, 1.807) is 18.2 Å². The first-order valence-electron chi connectivity index (χ1n) is 12.0. The Labute approximate surface area is 236 Å². The molecule has 2 heterocycles. The summed E-state index contributed by atoms with van der Waals surface area (Å²) in [5, 5.41) is 18.9. The number of alkyl halides is 3. The van der Waals surface area contributed by atoms with Crippen LogP contribution in [0, 0.1) is 0 Å². The van der Waals surface area contributed by atoms with Crippen LogP contribution < -0.4 is 26.1 Å². The lowest BCUT2D eigenvalue weighted by Crippen LogP contribution is -2.48. The number of nitrogens with one attached hydrogen (secondary N) is 2. The highest BCUT2D eigenvalue weighted by Crippen LogP contribution is 2.15. The summed E-state index contributed by atoms with van der Waals surface area (Å²) < 4.78 is 65.7. The molecule has 228 valence electrons. The number of nitrogens with zero attached hydrogens (tertiary/aromatic N) is 1. The molecule has 0 fully saturated rings. The molecule has 0 radical (unpaired) electrons. The van der Waals surface area contributed by atoms with Crippen LogP contribution in [-0.2, 0) is 19.6 Å². The number of nitrogens with two attached hydrogens (primary N) is 1. The molecule has 0 unspecified atom stereocenters. The smallest absolute Gasteiger partial charge is 0.490 e. The minimum absolute atomic E-state index is 0.00895. The van der Waals surface area contributed by atoms with E-state index >= 15 is 0 Å². The molecule has 42 heavy (non-hydrogen) atoms. The Balaban J connectivity index is 0.000000782.